The topological polar surface area (TPSA) is 61.4 Å². The van der Waals surface area contributed by atoms with E-state index in [4.69, 9.17) is 0 Å². The number of rotatable bonds is 5. The van der Waals surface area contributed by atoms with Crippen LogP contribution < -0.4 is 10.6 Å². The van der Waals surface area contributed by atoms with Gasteiger partial charge in [-0.25, -0.2) is 4.79 Å². The highest BCUT2D eigenvalue weighted by atomic mass is 32.2. The molecule has 3 atom stereocenters. The first-order valence-corrected chi connectivity index (χ1v) is 7.93. The van der Waals surface area contributed by atoms with Crippen molar-refractivity contribution in [2.24, 2.45) is 5.92 Å². The van der Waals surface area contributed by atoms with E-state index in [1.54, 1.807) is 6.92 Å². The number of amides is 2. The fourth-order valence-electron chi connectivity index (χ4n) is 1.99. The lowest BCUT2D eigenvalue weighted by atomic mass is 9.93. The third-order valence-corrected chi connectivity index (χ3v) is 5.00. The second-order valence-corrected chi connectivity index (χ2v) is 6.84. The summed E-state index contributed by atoms with van der Waals surface area (Å²) < 4.78 is 0. The van der Waals surface area contributed by atoms with Crippen LogP contribution in [0.1, 0.15) is 40.0 Å². The first-order chi connectivity index (χ1) is 8.35. The molecule has 0 aromatic carbocycles. The Morgan fingerprint density at radius 1 is 1.50 bits per heavy atom. The standard InChI is InChI=1S/C13H26N2O2S/c1-9(2)13(3,17)8-14-12(16)15-10-5-6-11(7-10)18-4/h9-11,17H,5-8H2,1-4H3,(H2,14,15,16). The van der Waals surface area contributed by atoms with Gasteiger partial charge in [-0.3, -0.25) is 0 Å². The van der Waals surface area contributed by atoms with Gasteiger partial charge in [-0.1, -0.05) is 13.8 Å². The summed E-state index contributed by atoms with van der Waals surface area (Å²) >= 11 is 1.87. The molecule has 0 radical (unpaired) electrons. The van der Waals surface area contributed by atoms with E-state index in [2.05, 4.69) is 16.9 Å². The van der Waals surface area contributed by atoms with Crippen LogP contribution >= 0.6 is 11.8 Å². The third-order valence-electron chi connectivity index (χ3n) is 3.90. The van der Waals surface area contributed by atoms with Crippen LogP contribution in [0.4, 0.5) is 4.79 Å². The summed E-state index contributed by atoms with van der Waals surface area (Å²) in [5.74, 6) is 0.116. The molecule has 2 amide bonds. The van der Waals surface area contributed by atoms with Crippen LogP contribution in [0, 0.1) is 5.92 Å². The summed E-state index contributed by atoms with van der Waals surface area (Å²) in [6.45, 7) is 5.92. The number of urea groups is 1. The van der Waals surface area contributed by atoms with Crippen molar-refractivity contribution in [2.75, 3.05) is 12.8 Å². The average Bonchev–Trinajstić information content (AvgIpc) is 2.74. The minimum Gasteiger partial charge on any atom is -0.388 e. The molecule has 0 aromatic heterocycles. The molecule has 1 fully saturated rings. The van der Waals surface area contributed by atoms with Gasteiger partial charge in [0.15, 0.2) is 0 Å². The van der Waals surface area contributed by atoms with Crippen LogP contribution in [0.5, 0.6) is 0 Å². The molecular formula is C13H26N2O2S. The second kappa shape index (κ2) is 6.66. The number of carbonyl (C=O) groups excluding carboxylic acids is 1. The molecular weight excluding hydrogens is 248 g/mol. The van der Waals surface area contributed by atoms with Gasteiger partial charge in [0, 0.05) is 17.8 Å². The van der Waals surface area contributed by atoms with Gasteiger partial charge in [0.2, 0.25) is 0 Å². The Morgan fingerprint density at radius 3 is 2.67 bits per heavy atom. The van der Waals surface area contributed by atoms with Crippen LogP contribution in [0.25, 0.3) is 0 Å². The minimum absolute atomic E-state index is 0.116. The van der Waals surface area contributed by atoms with Crippen LogP contribution in [-0.2, 0) is 0 Å². The Hall–Kier alpha value is -0.420. The first-order valence-electron chi connectivity index (χ1n) is 6.64. The van der Waals surface area contributed by atoms with Gasteiger partial charge < -0.3 is 15.7 Å². The van der Waals surface area contributed by atoms with Crippen LogP contribution in [0.2, 0.25) is 0 Å². The van der Waals surface area contributed by atoms with Crippen molar-refractivity contribution in [3.63, 3.8) is 0 Å². The first kappa shape index (κ1) is 15.6. The molecule has 3 N–H and O–H groups in total. The summed E-state index contributed by atoms with van der Waals surface area (Å²) in [7, 11) is 0. The zero-order chi connectivity index (χ0) is 13.8. The van der Waals surface area contributed by atoms with Gasteiger partial charge in [-0.05, 0) is 38.4 Å². The van der Waals surface area contributed by atoms with E-state index in [-0.39, 0.29) is 24.5 Å². The molecule has 1 aliphatic carbocycles. The molecule has 3 unspecified atom stereocenters. The zero-order valence-electron chi connectivity index (χ0n) is 11.8. The normalized spacial score (nSPS) is 27.0. The van der Waals surface area contributed by atoms with Gasteiger partial charge in [0.25, 0.3) is 0 Å². The number of hydrogen-bond acceptors (Lipinski definition) is 3. The molecule has 0 heterocycles. The second-order valence-electron chi connectivity index (χ2n) is 5.71. The summed E-state index contributed by atoms with van der Waals surface area (Å²) in [6, 6.07) is 0.120. The van der Waals surface area contributed by atoms with Crippen molar-refractivity contribution in [3.05, 3.63) is 0 Å². The van der Waals surface area contributed by atoms with E-state index in [9.17, 15) is 9.90 Å². The average molecular weight is 274 g/mol. The molecule has 0 aromatic rings. The van der Waals surface area contributed by atoms with Crippen molar-refractivity contribution in [1.29, 1.82) is 0 Å². The summed E-state index contributed by atoms with van der Waals surface area (Å²) in [6.07, 6.45) is 5.40. The molecule has 18 heavy (non-hydrogen) atoms. The summed E-state index contributed by atoms with van der Waals surface area (Å²) in [5, 5.41) is 16.4. The van der Waals surface area contributed by atoms with Gasteiger partial charge in [-0.2, -0.15) is 11.8 Å². The maximum Gasteiger partial charge on any atom is 0.315 e. The van der Waals surface area contributed by atoms with E-state index >= 15 is 0 Å². The summed E-state index contributed by atoms with van der Waals surface area (Å²) in [5.41, 5.74) is -0.852. The van der Waals surface area contributed by atoms with E-state index in [0.29, 0.717) is 5.25 Å². The minimum atomic E-state index is -0.852. The highest BCUT2D eigenvalue weighted by molar-refractivity contribution is 7.99. The van der Waals surface area contributed by atoms with Crippen LogP contribution in [0.3, 0.4) is 0 Å². The highest BCUT2D eigenvalue weighted by Gasteiger charge is 2.27. The van der Waals surface area contributed by atoms with E-state index < -0.39 is 5.60 Å². The zero-order valence-corrected chi connectivity index (χ0v) is 12.6. The van der Waals surface area contributed by atoms with Crippen molar-refractivity contribution < 1.29 is 9.90 Å². The molecule has 0 aliphatic heterocycles. The van der Waals surface area contributed by atoms with E-state index in [1.807, 2.05) is 25.6 Å². The molecule has 1 saturated carbocycles. The Morgan fingerprint density at radius 2 is 2.17 bits per heavy atom. The lowest BCUT2D eigenvalue weighted by molar-refractivity contribution is 0.0165. The van der Waals surface area contributed by atoms with Crippen molar-refractivity contribution in [3.8, 4) is 0 Å². The molecule has 4 nitrogen and oxygen atoms in total. The maximum atomic E-state index is 11.7. The SMILES string of the molecule is CSC1CCC(NC(=O)NCC(C)(O)C(C)C)C1. The van der Waals surface area contributed by atoms with Crippen LogP contribution in [0.15, 0.2) is 0 Å². The van der Waals surface area contributed by atoms with Crippen LogP contribution in [-0.4, -0.2) is 40.8 Å². The highest BCUT2D eigenvalue weighted by Crippen LogP contribution is 2.28. The molecule has 106 valence electrons. The molecule has 0 saturated heterocycles. The van der Waals surface area contributed by atoms with Crippen molar-refractivity contribution in [1.82, 2.24) is 10.6 Å². The molecule has 0 bridgehead atoms. The number of carbonyl (C=O) groups is 1. The van der Waals surface area contributed by atoms with Gasteiger partial charge in [0.1, 0.15) is 0 Å². The Labute approximate surface area is 114 Å². The monoisotopic (exact) mass is 274 g/mol. The third kappa shape index (κ3) is 4.69. The number of aliphatic hydroxyl groups is 1. The fraction of sp³-hybridized carbons (Fsp3) is 0.923. The largest absolute Gasteiger partial charge is 0.388 e. The number of thioether (sulfide) groups is 1. The maximum absolute atomic E-state index is 11.7. The number of nitrogens with one attached hydrogen (secondary N) is 2. The summed E-state index contributed by atoms with van der Waals surface area (Å²) in [4.78, 5) is 11.7. The molecule has 5 heteroatoms. The predicted molar refractivity (Wildman–Crippen MR) is 76.9 cm³/mol. The molecule has 1 rings (SSSR count). The fourth-order valence-corrected chi connectivity index (χ4v) is 2.78. The van der Waals surface area contributed by atoms with Crippen molar-refractivity contribution >= 4 is 17.8 Å². The van der Waals surface area contributed by atoms with Gasteiger partial charge in [-0.15, -0.1) is 0 Å². The van der Waals surface area contributed by atoms with E-state index in [1.165, 1.54) is 6.42 Å². The molecule has 0 spiro atoms. The van der Waals surface area contributed by atoms with Gasteiger partial charge in [0.05, 0.1) is 5.60 Å². The lowest BCUT2D eigenvalue weighted by Gasteiger charge is -2.28. The van der Waals surface area contributed by atoms with Gasteiger partial charge >= 0.3 is 6.03 Å². The Kier molecular flexibility index (Phi) is 5.79. The number of hydrogen-bond donors (Lipinski definition) is 3. The predicted octanol–water partition coefficient (Wildman–Crippen LogP) is 1.98. The smallest absolute Gasteiger partial charge is 0.315 e. The van der Waals surface area contributed by atoms with E-state index in [0.717, 1.165) is 12.8 Å². The Balaban J connectivity index is 2.26. The molecule has 1 aliphatic rings. The van der Waals surface area contributed by atoms with Crippen molar-refractivity contribution in [2.45, 2.75) is 56.9 Å². The lowest BCUT2D eigenvalue weighted by Crippen LogP contribution is -2.49. The Bertz CT molecular complexity index is 282. The quantitative estimate of drug-likeness (QED) is 0.718.